The van der Waals surface area contributed by atoms with Crippen LogP contribution >= 0.6 is 11.3 Å². The molecule has 0 bridgehead atoms. The SMILES string of the molecule is Cc1csc(Nc2cc([C@@H]3CCCCN3C(=O)/C=C/CN(C)C)nc(C)n2)n1. The number of thiazole rings is 1. The molecule has 2 aromatic rings. The van der Waals surface area contributed by atoms with Crippen molar-refractivity contribution < 1.29 is 4.79 Å². The summed E-state index contributed by atoms with van der Waals surface area (Å²) >= 11 is 1.55. The number of carbonyl (C=O) groups excluding carboxylic acids is 1. The highest BCUT2D eigenvalue weighted by atomic mass is 32.1. The summed E-state index contributed by atoms with van der Waals surface area (Å²) in [6, 6.07) is 1.93. The summed E-state index contributed by atoms with van der Waals surface area (Å²) in [6.07, 6.45) is 6.63. The maximum absolute atomic E-state index is 12.8. The normalized spacial score (nSPS) is 17.5. The van der Waals surface area contributed by atoms with Crippen LogP contribution in [0.5, 0.6) is 0 Å². The van der Waals surface area contributed by atoms with E-state index < -0.39 is 0 Å². The second-order valence-electron chi connectivity index (χ2n) is 7.35. The van der Waals surface area contributed by atoms with Gasteiger partial charge in [0, 0.05) is 30.6 Å². The van der Waals surface area contributed by atoms with Gasteiger partial charge in [-0.05, 0) is 47.2 Å². The van der Waals surface area contributed by atoms with Gasteiger partial charge < -0.3 is 15.1 Å². The molecule has 2 aromatic heterocycles. The average molecular weight is 401 g/mol. The summed E-state index contributed by atoms with van der Waals surface area (Å²) in [6.45, 7) is 5.35. The van der Waals surface area contributed by atoms with Gasteiger partial charge in [-0.25, -0.2) is 15.0 Å². The number of amides is 1. The van der Waals surface area contributed by atoms with E-state index in [1.165, 1.54) is 0 Å². The Hall–Kier alpha value is -2.32. The highest BCUT2D eigenvalue weighted by molar-refractivity contribution is 7.13. The molecule has 0 unspecified atom stereocenters. The van der Waals surface area contributed by atoms with Gasteiger partial charge in [0.25, 0.3) is 0 Å². The van der Waals surface area contributed by atoms with Crippen LogP contribution in [0.2, 0.25) is 0 Å². The third kappa shape index (κ3) is 5.36. The van der Waals surface area contributed by atoms with Gasteiger partial charge in [0.05, 0.1) is 17.4 Å². The van der Waals surface area contributed by atoms with E-state index in [-0.39, 0.29) is 11.9 Å². The third-order valence-corrected chi connectivity index (χ3v) is 5.45. The summed E-state index contributed by atoms with van der Waals surface area (Å²) < 4.78 is 0. The number of aryl methyl sites for hydroxylation is 2. The summed E-state index contributed by atoms with van der Waals surface area (Å²) in [5.74, 6) is 1.46. The van der Waals surface area contributed by atoms with E-state index in [0.29, 0.717) is 5.82 Å². The fourth-order valence-corrected chi connectivity index (χ4v) is 4.00. The lowest BCUT2D eigenvalue weighted by molar-refractivity contribution is -0.129. The lowest BCUT2D eigenvalue weighted by atomic mass is 9.98. The van der Waals surface area contributed by atoms with Crippen molar-refractivity contribution in [1.29, 1.82) is 0 Å². The van der Waals surface area contributed by atoms with Crippen LogP contribution in [0.4, 0.5) is 10.9 Å². The predicted molar refractivity (Wildman–Crippen MR) is 113 cm³/mol. The highest BCUT2D eigenvalue weighted by Crippen LogP contribution is 2.31. The Morgan fingerprint density at radius 1 is 1.32 bits per heavy atom. The molecule has 1 aliphatic heterocycles. The van der Waals surface area contributed by atoms with Gasteiger partial charge in [0.1, 0.15) is 11.6 Å². The van der Waals surface area contributed by atoms with Gasteiger partial charge in [0.2, 0.25) is 5.91 Å². The first kappa shape index (κ1) is 20.4. The zero-order chi connectivity index (χ0) is 20.1. The van der Waals surface area contributed by atoms with Crippen LogP contribution in [0.3, 0.4) is 0 Å². The van der Waals surface area contributed by atoms with Crippen LogP contribution < -0.4 is 5.32 Å². The Bertz CT molecular complexity index is 847. The molecule has 1 fully saturated rings. The minimum atomic E-state index is -0.0227. The molecule has 1 aliphatic rings. The molecular weight excluding hydrogens is 372 g/mol. The Labute approximate surface area is 170 Å². The smallest absolute Gasteiger partial charge is 0.246 e. The first-order valence-electron chi connectivity index (χ1n) is 9.59. The van der Waals surface area contributed by atoms with Crippen molar-refractivity contribution in [3.8, 4) is 0 Å². The molecule has 0 aromatic carbocycles. The van der Waals surface area contributed by atoms with E-state index in [4.69, 9.17) is 0 Å². The number of piperidine rings is 1. The molecule has 1 atom stereocenters. The van der Waals surface area contributed by atoms with E-state index in [9.17, 15) is 4.79 Å². The topological polar surface area (TPSA) is 74.2 Å². The Morgan fingerprint density at radius 2 is 2.14 bits per heavy atom. The molecule has 0 radical (unpaired) electrons. The van der Waals surface area contributed by atoms with Crippen molar-refractivity contribution in [2.45, 2.75) is 39.2 Å². The zero-order valence-electron chi connectivity index (χ0n) is 17.0. The van der Waals surface area contributed by atoms with Crippen LogP contribution in [0.15, 0.2) is 23.6 Å². The molecule has 1 amide bonds. The number of nitrogens with one attached hydrogen (secondary N) is 1. The van der Waals surface area contributed by atoms with Gasteiger partial charge in [-0.1, -0.05) is 6.08 Å². The number of likely N-dealkylation sites (N-methyl/N-ethyl adjacent to an activating group) is 1. The predicted octanol–water partition coefficient (Wildman–Crippen LogP) is 3.46. The standard InChI is InChI=1S/C20H28N6OS/c1-14-13-28-20(21-14)24-18-12-16(22-15(2)23-18)17-8-5-6-11-26(17)19(27)9-7-10-25(3)4/h7,9,12-13,17H,5-6,8,10-11H2,1-4H3,(H,21,22,23,24)/b9-7+/t17-/m0/s1. The molecule has 8 heteroatoms. The number of rotatable bonds is 6. The molecular formula is C20H28N6OS. The summed E-state index contributed by atoms with van der Waals surface area (Å²) in [4.78, 5) is 30.3. The molecule has 1 N–H and O–H groups in total. The van der Waals surface area contributed by atoms with Gasteiger partial charge >= 0.3 is 0 Å². The molecule has 28 heavy (non-hydrogen) atoms. The Balaban J connectivity index is 1.80. The second kappa shape index (κ2) is 9.25. The lowest BCUT2D eigenvalue weighted by Gasteiger charge is -2.35. The van der Waals surface area contributed by atoms with Gasteiger partial charge in [0.15, 0.2) is 5.13 Å². The molecule has 1 saturated heterocycles. The lowest BCUT2D eigenvalue weighted by Crippen LogP contribution is -2.38. The number of nitrogens with zero attached hydrogens (tertiary/aromatic N) is 5. The fourth-order valence-electron chi connectivity index (χ4n) is 3.31. The van der Waals surface area contributed by atoms with E-state index in [0.717, 1.165) is 54.7 Å². The number of likely N-dealkylation sites (tertiary alicyclic amines) is 1. The van der Waals surface area contributed by atoms with Crippen molar-refractivity contribution in [1.82, 2.24) is 24.8 Å². The summed E-state index contributed by atoms with van der Waals surface area (Å²) in [5, 5.41) is 6.08. The maximum Gasteiger partial charge on any atom is 0.246 e. The first-order valence-corrected chi connectivity index (χ1v) is 10.5. The van der Waals surface area contributed by atoms with E-state index in [1.54, 1.807) is 17.4 Å². The largest absolute Gasteiger partial charge is 0.331 e. The van der Waals surface area contributed by atoms with Crippen LogP contribution in [0.1, 0.15) is 42.5 Å². The summed E-state index contributed by atoms with van der Waals surface area (Å²) in [5.41, 5.74) is 1.87. The number of hydrogen-bond acceptors (Lipinski definition) is 7. The number of carbonyl (C=O) groups is 1. The molecule has 7 nitrogen and oxygen atoms in total. The molecule has 150 valence electrons. The minimum Gasteiger partial charge on any atom is -0.331 e. The van der Waals surface area contributed by atoms with E-state index in [2.05, 4.69) is 20.3 Å². The van der Waals surface area contributed by atoms with Gasteiger partial charge in [-0.15, -0.1) is 11.3 Å². The third-order valence-electron chi connectivity index (χ3n) is 4.57. The van der Waals surface area contributed by atoms with Crippen LogP contribution in [0, 0.1) is 13.8 Å². The van der Waals surface area contributed by atoms with Gasteiger partial charge in [-0.2, -0.15) is 0 Å². The Kier molecular flexibility index (Phi) is 6.74. The van der Waals surface area contributed by atoms with E-state index in [1.807, 2.05) is 55.3 Å². The number of hydrogen-bond donors (Lipinski definition) is 1. The summed E-state index contributed by atoms with van der Waals surface area (Å²) in [7, 11) is 3.97. The number of aromatic nitrogens is 3. The molecule has 0 saturated carbocycles. The van der Waals surface area contributed by atoms with Crippen molar-refractivity contribution in [3.63, 3.8) is 0 Å². The van der Waals surface area contributed by atoms with Crippen LogP contribution in [-0.2, 0) is 4.79 Å². The van der Waals surface area contributed by atoms with Gasteiger partial charge in [-0.3, -0.25) is 4.79 Å². The maximum atomic E-state index is 12.8. The first-order chi connectivity index (χ1) is 13.4. The van der Waals surface area contributed by atoms with Crippen molar-refractivity contribution in [2.75, 3.05) is 32.5 Å². The zero-order valence-corrected chi connectivity index (χ0v) is 17.8. The molecule has 3 heterocycles. The van der Waals surface area contributed by atoms with Crippen LogP contribution in [0.25, 0.3) is 0 Å². The molecule has 0 aliphatic carbocycles. The second-order valence-corrected chi connectivity index (χ2v) is 8.21. The average Bonchev–Trinajstić information content (AvgIpc) is 3.05. The van der Waals surface area contributed by atoms with Crippen molar-refractivity contribution in [2.24, 2.45) is 0 Å². The quantitative estimate of drug-likeness (QED) is 0.749. The van der Waals surface area contributed by atoms with Crippen molar-refractivity contribution in [3.05, 3.63) is 40.8 Å². The highest BCUT2D eigenvalue weighted by Gasteiger charge is 2.28. The van der Waals surface area contributed by atoms with E-state index >= 15 is 0 Å². The van der Waals surface area contributed by atoms with Crippen LogP contribution in [-0.4, -0.2) is 57.8 Å². The van der Waals surface area contributed by atoms with Crippen molar-refractivity contribution >= 4 is 28.2 Å². The Morgan fingerprint density at radius 3 is 2.86 bits per heavy atom. The fraction of sp³-hybridized carbons (Fsp3) is 0.500. The minimum absolute atomic E-state index is 0.0227. The number of anilines is 2. The molecule has 0 spiro atoms. The molecule has 3 rings (SSSR count). The monoisotopic (exact) mass is 400 g/mol.